The number of carbonyl (C=O) groups excluding carboxylic acids is 1. The average molecular weight is 392 g/mol. The van der Waals surface area contributed by atoms with Crippen LogP contribution >= 0.6 is 11.6 Å². The van der Waals surface area contributed by atoms with Crippen LogP contribution in [0.1, 0.15) is 11.1 Å². The van der Waals surface area contributed by atoms with Gasteiger partial charge in [-0.1, -0.05) is 41.9 Å². The third-order valence-corrected chi connectivity index (χ3v) is 5.37. The molecule has 3 aromatic rings. The van der Waals surface area contributed by atoms with Crippen LogP contribution in [0.15, 0.2) is 60.7 Å². The highest BCUT2D eigenvalue weighted by Crippen LogP contribution is 2.23. The predicted octanol–water partition coefficient (Wildman–Crippen LogP) is 4.56. The molecule has 0 atom stereocenters. The number of aromatic nitrogens is 1. The summed E-state index contributed by atoms with van der Waals surface area (Å²) < 4.78 is 0. The fraction of sp³-hybridized carbons (Fsp3) is 0.217. The van der Waals surface area contributed by atoms with Gasteiger partial charge in [0.15, 0.2) is 0 Å². The van der Waals surface area contributed by atoms with Crippen LogP contribution < -0.4 is 4.90 Å². The van der Waals surface area contributed by atoms with E-state index in [2.05, 4.69) is 24.0 Å². The van der Waals surface area contributed by atoms with Crippen molar-refractivity contribution in [3.63, 3.8) is 0 Å². The molecule has 1 aliphatic heterocycles. The minimum atomic E-state index is 0.0391. The van der Waals surface area contributed by atoms with E-state index in [1.54, 1.807) is 6.08 Å². The Balaban J connectivity index is 1.40. The number of pyridine rings is 1. The van der Waals surface area contributed by atoms with E-state index in [4.69, 9.17) is 16.6 Å². The Hall–Kier alpha value is -2.85. The van der Waals surface area contributed by atoms with Crippen LogP contribution in [-0.4, -0.2) is 42.0 Å². The molecule has 0 saturated carbocycles. The molecular weight excluding hydrogens is 370 g/mol. The first-order valence-electron chi connectivity index (χ1n) is 9.44. The smallest absolute Gasteiger partial charge is 0.246 e. The largest absolute Gasteiger partial charge is 0.353 e. The molecule has 142 valence electrons. The second-order valence-corrected chi connectivity index (χ2v) is 7.45. The Bertz CT molecular complexity index is 1020. The third kappa shape index (κ3) is 4.02. The first-order chi connectivity index (χ1) is 13.6. The quantitative estimate of drug-likeness (QED) is 0.614. The Labute approximate surface area is 170 Å². The molecule has 4 nitrogen and oxygen atoms in total. The SMILES string of the molecule is Cc1cc(N2CCN(C(=O)/C=C/c3ccc(Cl)cc3)CC2)nc2ccccc12. The molecule has 1 aromatic heterocycles. The third-order valence-electron chi connectivity index (χ3n) is 5.11. The molecule has 0 unspecified atom stereocenters. The highest BCUT2D eigenvalue weighted by Gasteiger charge is 2.21. The first kappa shape index (κ1) is 18.5. The number of nitrogens with zero attached hydrogens (tertiary/aromatic N) is 3. The topological polar surface area (TPSA) is 36.4 Å². The summed E-state index contributed by atoms with van der Waals surface area (Å²) in [6.45, 7) is 5.07. The Morgan fingerprint density at radius 2 is 1.75 bits per heavy atom. The molecular formula is C23H22ClN3O. The van der Waals surface area contributed by atoms with Crippen molar-refractivity contribution in [1.29, 1.82) is 0 Å². The van der Waals surface area contributed by atoms with Crippen molar-refractivity contribution in [3.05, 3.63) is 76.8 Å². The normalized spacial score (nSPS) is 14.8. The lowest BCUT2D eigenvalue weighted by molar-refractivity contribution is -0.126. The molecule has 1 amide bonds. The number of hydrogen-bond acceptors (Lipinski definition) is 3. The summed E-state index contributed by atoms with van der Waals surface area (Å²) in [6.07, 6.45) is 3.47. The van der Waals surface area contributed by atoms with Crippen LogP contribution in [-0.2, 0) is 4.79 Å². The van der Waals surface area contributed by atoms with Crippen LogP contribution in [0.25, 0.3) is 17.0 Å². The lowest BCUT2D eigenvalue weighted by atomic mass is 10.1. The van der Waals surface area contributed by atoms with Gasteiger partial charge in [0.05, 0.1) is 5.52 Å². The Kier molecular flexibility index (Phi) is 5.31. The van der Waals surface area contributed by atoms with E-state index < -0.39 is 0 Å². The van der Waals surface area contributed by atoms with Gasteiger partial charge < -0.3 is 9.80 Å². The highest BCUT2D eigenvalue weighted by atomic mass is 35.5. The van der Waals surface area contributed by atoms with E-state index in [1.807, 2.05) is 53.4 Å². The zero-order valence-corrected chi connectivity index (χ0v) is 16.6. The maximum absolute atomic E-state index is 12.5. The van der Waals surface area contributed by atoms with Gasteiger partial charge in [-0.3, -0.25) is 4.79 Å². The second kappa shape index (κ2) is 8.03. The summed E-state index contributed by atoms with van der Waals surface area (Å²) in [4.78, 5) is 21.4. The number of amides is 1. The summed E-state index contributed by atoms with van der Waals surface area (Å²) in [5, 5.41) is 1.88. The number of hydrogen-bond donors (Lipinski definition) is 0. The van der Waals surface area contributed by atoms with E-state index in [0.717, 1.165) is 30.0 Å². The minimum Gasteiger partial charge on any atom is -0.353 e. The van der Waals surface area contributed by atoms with Crippen molar-refractivity contribution < 1.29 is 4.79 Å². The number of benzene rings is 2. The number of anilines is 1. The lowest BCUT2D eigenvalue weighted by Gasteiger charge is -2.35. The van der Waals surface area contributed by atoms with Crippen molar-refractivity contribution in [1.82, 2.24) is 9.88 Å². The number of fused-ring (bicyclic) bond motifs is 1. The number of carbonyl (C=O) groups is 1. The minimum absolute atomic E-state index is 0.0391. The van der Waals surface area contributed by atoms with Crippen molar-refractivity contribution in [3.8, 4) is 0 Å². The molecule has 2 aromatic carbocycles. The number of piperazine rings is 1. The molecule has 1 fully saturated rings. The fourth-order valence-electron chi connectivity index (χ4n) is 3.50. The summed E-state index contributed by atoms with van der Waals surface area (Å²) in [6, 6.07) is 17.8. The number of para-hydroxylation sites is 1. The molecule has 1 aliphatic rings. The van der Waals surface area contributed by atoms with Gasteiger partial charge in [-0.2, -0.15) is 0 Å². The van der Waals surface area contributed by atoms with E-state index in [0.29, 0.717) is 18.1 Å². The van der Waals surface area contributed by atoms with Gasteiger partial charge in [0.25, 0.3) is 0 Å². The van der Waals surface area contributed by atoms with Crippen molar-refractivity contribution in [2.75, 3.05) is 31.1 Å². The van der Waals surface area contributed by atoms with Crippen LogP contribution in [0.5, 0.6) is 0 Å². The standard InChI is InChI=1S/C23H22ClN3O/c1-17-16-22(25-21-5-3-2-4-20(17)21)26-12-14-27(15-13-26)23(28)11-8-18-6-9-19(24)10-7-18/h2-11,16H,12-15H2,1H3/b11-8+. The molecule has 28 heavy (non-hydrogen) atoms. The van der Waals surface area contributed by atoms with E-state index in [1.165, 1.54) is 10.9 Å². The first-order valence-corrected chi connectivity index (χ1v) is 9.82. The van der Waals surface area contributed by atoms with Gasteiger partial charge in [-0.15, -0.1) is 0 Å². The monoisotopic (exact) mass is 391 g/mol. The zero-order valence-electron chi connectivity index (χ0n) is 15.8. The molecule has 0 spiro atoms. The fourth-order valence-corrected chi connectivity index (χ4v) is 3.62. The summed E-state index contributed by atoms with van der Waals surface area (Å²) in [5.74, 6) is 1.03. The van der Waals surface area contributed by atoms with E-state index >= 15 is 0 Å². The van der Waals surface area contributed by atoms with Gasteiger partial charge in [0.2, 0.25) is 5.91 Å². The zero-order chi connectivity index (χ0) is 19.5. The number of aryl methyl sites for hydroxylation is 1. The molecule has 5 heteroatoms. The van der Waals surface area contributed by atoms with Gasteiger partial charge in [-0.05, 0) is 48.4 Å². The van der Waals surface area contributed by atoms with Gasteiger partial charge in [0.1, 0.15) is 5.82 Å². The molecule has 0 radical (unpaired) electrons. The molecule has 4 rings (SSSR count). The predicted molar refractivity (Wildman–Crippen MR) is 116 cm³/mol. The Morgan fingerprint density at radius 3 is 2.50 bits per heavy atom. The molecule has 2 heterocycles. The lowest BCUT2D eigenvalue weighted by Crippen LogP contribution is -2.48. The number of rotatable bonds is 3. The van der Waals surface area contributed by atoms with Crippen LogP contribution in [0.3, 0.4) is 0 Å². The van der Waals surface area contributed by atoms with Gasteiger partial charge in [0, 0.05) is 42.7 Å². The maximum atomic E-state index is 12.5. The molecule has 0 bridgehead atoms. The molecule has 1 saturated heterocycles. The Morgan fingerprint density at radius 1 is 1.04 bits per heavy atom. The second-order valence-electron chi connectivity index (χ2n) is 7.01. The van der Waals surface area contributed by atoms with Crippen molar-refractivity contribution in [2.24, 2.45) is 0 Å². The van der Waals surface area contributed by atoms with Crippen LogP contribution in [0, 0.1) is 6.92 Å². The van der Waals surface area contributed by atoms with Gasteiger partial charge in [-0.25, -0.2) is 4.98 Å². The highest BCUT2D eigenvalue weighted by molar-refractivity contribution is 6.30. The summed E-state index contributed by atoms with van der Waals surface area (Å²) in [7, 11) is 0. The summed E-state index contributed by atoms with van der Waals surface area (Å²) >= 11 is 5.89. The maximum Gasteiger partial charge on any atom is 0.246 e. The molecule has 0 N–H and O–H groups in total. The number of halogens is 1. The van der Waals surface area contributed by atoms with Crippen LogP contribution in [0.2, 0.25) is 5.02 Å². The van der Waals surface area contributed by atoms with Crippen molar-refractivity contribution >= 4 is 40.3 Å². The van der Waals surface area contributed by atoms with E-state index in [9.17, 15) is 4.79 Å². The summed E-state index contributed by atoms with van der Waals surface area (Å²) in [5.41, 5.74) is 3.21. The van der Waals surface area contributed by atoms with Crippen molar-refractivity contribution in [2.45, 2.75) is 6.92 Å². The average Bonchev–Trinajstić information content (AvgIpc) is 2.73. The van der Waals surface area contributed by atoms with Gasteiger partial charge >= 0.3 is 0 Å². The molecule has 0 aliphatic carbocycles. The van der Waals surface area contributed by atoms with E-state index in [-0.39, 0.29) is 5.91 Å². The van der Waals surface area contributed by atoms with Crippen LogP contribution in [0.4, 0.5) is 5.82 Å².